The lowest BCUT2D eigenvalue weighted by Gasteiger charge is -2.41. The molecule has 4 atom stereocenters. The van der Waals surface area contributed by atoms with Gasteiger partial charge in [0, 0.05) is 35.3 Å². The molecule has 13 heteroatoms. The van der Waals surface area contributed by atoms with Crippen LogP contribution in [0.3, 0.4) is 0 Å². The van der Waals surface area contributed by atoms with E-state index in [9.17, 15) is 31.9 Å². The first-order valence-corrected chi connectivity index (χ1v) is 14.0. The van der Waals surface area contributed by atoms with Gasteiger partial charge in [0.05, 0.1) is 18.8 Å². The molecule has 0 spiro atoms. The number of anilines is 1. The predicted octanol–water partition coefficient (Wildman–Crippen LogP) is 6.50. The van der Waals surface area contributed by atoms with Crippen molar-refractivity contribution < 1.29 is 41.3 Å². The number of hydrogen-bond donors (Lipinski definition) is 2. The number of benzene rings is 3. The maximum absolute atomic E-state index is 14.2. The number of carbonyl (C=O) groups is 1. The van der Waals surface area contributed by atoms with Gasteiger partial charge in [0.2, 0.25) is 5.82 Å². The SMILES string of the molecule is C[C@H]1[C@@H](CSc2ncccn2)O[C@@H](c2cccc(NC(=O)c3c(F)c(F)c(F)c(F)c3F)c2)O[C@H]1c1ccc(CO)cc1. The molecule has 3 aromatic carbocycles. The van der Waals surface area contributed by atoms with Crippen LogP contribution in [-0.2, 0) is 16.1 Å². The number of nitrogens with zero attached hydrogens (tertiary/aromatic N) is 2. The Balaban J connectivity index is 1.41. The molecule has 0 aliphatic carbocycles. The van der Waals surface area contributed by atoms with Crippen molar-refractivity contribution in [3.8, 4) is 0 Å². The van der Waals surface area contributed by atoms with Gasteiger partial charge in [-0.3, -0.25) is 4.79 Å². The second kappa shape index (κ2) is 13.2. The Morgan fingerprint density at radius 2 is 1.53 bits per heavy atom. The number of thioether (sulfide) groups is 1. The summed E-state index contributed by atoms with van der Waals surface area (Å²) >= 11 is 1.39. The summed E-state index contributed by atoms with van der Waals surface area (Å²) in [6.45, 7) is 1.85. The quantitative estimate of drug-likeness (QED) is 0.0767. The first kappa shape index (κ1) is 30.5. The van der Waals surface area contributed by atoms with Crippen LogP contribution in [0.1, 0.15) is 46.4 Å². The Kier molecular flexibility index (Phi) is 9.35. The average molecular weight is 618 g/mol. The van der Waals surface area contributed by atoms with Crippen molar-refractivity contribution in [1.29, 1.82) is 0 Å². The molecule has 1 amide bonds. The van der Waals surface area contributed by atoms with Crippen LogP contribution >= 0.6 is 11.8 Å². The lowest BCUT2D eigenvalue weighted by molar-refractivity contribution is -0.268. The summed E-state index contributed by atoms with van der Waals surface area (Å²) in [6, 6.07) is 14.9. The highest BCUT2D eigenvalue weighted by Gasteiger charge is 2.38. The lowest BCUT2D eigenvalue weighted by Crippen LogP contribution is -2.38. The molecule has 0 radical (unpaired) electrons. The van der Waals surface area contributed by atoms with Crippen LogP contribution in [-0.4, -0.2) is 32.8 Å². The molecule has 0 unspecified atom stereocenters. The van der Waals surface area contributed by atoms with Crippen LogP contribution in [0.5, 0.6) is 0 Å². The monoisotopic (exact) mass is 617 g/mol. The van der Waals surface area contributed by atoms with Crippen molar-refractivity contribution >= 4 is 23.4 Å². The van der Waals surface area contributed by atoms with E-state index in [-0.39, 0.29) is 24.3 Å². The van der Waals surface area contributed by atoms with Gasteiger partial charge in [0.15, 0.2) is 34.7 Å². The van der Waals surface area contributed by atoms with E-state index in [1.165, 1.54) is 30.0 Å². The predicted molar refractivity (Wildman–Crippen MR) is 146 cm³/mol. The second-order valence-corrected chi connectivity index (χ2v) is 10.7. The maximum Gasteiger partial charge on any atom is 0.261 e. The Hall–Kier alpha value is -3.91. The van der Waals surface area contributed by atoms with E-state index in [1.807, 2.05) is 19.1 Å². The minimum Gasteiger partial charge on any atom is -0.392 e. The number of hydrogen-bond acceptors (Lipinski definition) is 7. The van der Waals surface area contributed by atoms with Gasteiger partial charge < -0.3 is 19.9 Å². The fourth-order valence-electron chi connectivity index (χ4n) is 4.59. The second-order valence-electron chi connectivity index (χ2n) is 9.69. The molecular formula is C30H24F5N3O4S. The van der Waals surface area contributed by atoms with Crippen molar-refractivity contribution in [2.45, 2.75) is 37.2 Å². The molecule has 1 aromatic heterocycles. The van der Waals surface area contributed by atoms with Gasteiger partial charge >= 0.3 is 0 Å². The normalized spacial score (nSPS) is 20.2. The standard InChI is InChI=1S/C30H24F5N3O4S/c1-15-20(14-43-30-36-10-3-11-37-30)41-29(42-27(15)17-8-6-16(13-39)7-9-17)18-4-2-5-19(12-18)38-28(40)21-22(31)24(33)26(35)25(34)23(21)32/h2-12,15,20,27,29,39H,13-14H2,1H3,(H,38,40)/t15-,20+,27+,29+/m0/s1. The number of nitrogens with one attached hydrogen (secondary N) is 1. The number of aromatic nitrogens is 2. The first-order valence-electron chi connectivity index (χ1n) is 13.0. The van der Waals surface area contributed by atoms with Crippen LogP contribution in [0.2, 0.25) is 0 Å². The molecule has 1 aliphatic heterocycles. The van der Waals surface area contributed by atoms with Gasteiger partial charge in [-0.25, -0.2) is 31.9 Å². The van der Waals surface area contributed by atoms with E-state index < -0.39 is 53.0 Å². The van der Waals surface area contributed by atoms with E-state index in [0.29, 0.717) is 16.5 Å². The minimum atomic E-state index is -2.36. The van der Waals surface area contributed by atoms with Gasteiger partial charge in [-0.15, -0.1) is 0 Å². The summed E-state index contributed by atoms with van der Waals surface area (Å²) in [5, 5.41) is 12.2. The maximum atomic E-state index is 14.2. The smallest absolute Gasteiger partial charge is 0.261 e. The highest BCUT2D eigenvalue weighted by Crippen LogP contribution is 2.43. The van der Waals surface area contributed by atoms with Gasteiger partial charge in [0.25, 0.3) is 5.91 Å². The van der Waals surface area contributed by atoms with E-state index in [0.717, 1.165) is 11.1 Å². The zero-order chi connectivity index (χ0) is 30.7. The molecule has 1 saturated heterocycles. The van der Waals surface area contributed by atoms with Crippen LogP contribution in [0.4, 0.5) is 27.6 Å². The molecule has 5 rings (SSSR count). The van der Waals surface area contributed by atoms with Gasteiger partial charge in [-0.05, 0) is 29.3 Å². The highest BCUT2D eigenvalue weighted by molar-refractivity contribution is 7.99. The van der Waals surface area contributed by atoms with Crippen LogP contribution < -0.4 is 5.32 Å². The van der Waals surface area contributed by atoms with E-state index in [2.05, 4.69) is 15.3 Å². The molecule has 7 nitrogen and oxygen atoms in total. The van der Waals surface area contributed by atoms with Crippen molar-refractivity contribution in [2.75, 3.05) is 11.1 Å². The number of rotatable bonds is 8. The summed E-state index contributed by atoms with van der Waals surface area (Å²) in [5.41, 5.74) is 0.382. The van der Waals surface area contributed by atoms with Crippen molar-refractivity contribution in [1.82, 2.24) is 9.97 Å². The number of aliphatic hydroxyl groups is 1. The fourth-order valence-corrected chi connectivity index (χ4v) is 5.55. The molecule has 4 aromatic rings. The van der Waals surface area contributed by atoms with Crippen LogP contribution in [0.15, 0.2) is 72.1 Å². The van der Waals surface area contributed by atoms with Crippen molar-refractivity contribution in [2.24, 2.45) is 5.92 Å². The Morgan fingerprint density at radius 3 is 2.19 bits per heavy atom. The summed E-state index contributed by atoms with van der Waals surface area (Å²) in [5.74, 6) is -12.5. The Bertz CT molecular complexity index is 1580. The molecule has 1 fully saturated rings. The molecular weight excluding hydrogens is 593 g/mol. The summed E-state index contributed by atoms with van der Waals surface area (Å²) in [6.07, 6.45) is 1.46. The first-order chi connectivity index (χ1) is 20.7. The number of carbonyl (C=O) groups excluding carboxylic acids is 1. The molecule has 2 heterocycles. The topological polar surface area (TPSA) is 93.6 Å². The number of aliphatic hydroxyl groups excluding tert-OH is 1. The Morgan fingerprint density at radius 1 is 0.884 bits per heavy atom. The highest BCUT2D eigenvalue weighted by atomic mass is 32.2. The van der Waals surface area contributed by atoms with Gasteiger partial charge in [-0.2, -0.15) is 0 Å². The molecule has 0 saturated carbocycles. The van der Waals surface area contributed by atoms with Crippen LogP contribution in [0.25, 0.3) is 0 Å². The van der Waals surface area contributed by atoms with Gasteiger partial charge in [0.1, 0.15) is 5.56 Å². The molecule has 0 bridgehead atoms. The third-order valence-corrected chi connectivity index (χ3v) is 7.86. The van der Waals surface area contributed by atoms with Crippen molar-refractivity contribution in [3.05, 3.63) is 118 Å². The number of halogens is 5. The zero-order valence-electron chi connectivity index (χ0n) is 22.4. The summed E-state index contributed by atoms with van der Waals surface area (Å²) in [7, 11) is 0. The zero-order valence-corrected chi connectivity index (χ0v) is 23.3. The van der Waals surface area contributed by atoms with Crippen LogP contribution in [0, 0.1) is 35.0 Å². The fraction of sp³-hybridized carbons (Fsp3) is 0.233. The summed E-state index contributed by atoms with van der Waals surface area (Å²) in [4.78, 5) is 21.1. The van der Waals surface area contributed by atoms with E-state index in [4.69, 9.17) is 9.47 Å². The molecule has 1 aliphatic rings. The van der Waals surface area contributed by atoms with E-state index >= 15 is 0 Å². The molecule has 43 heavy (non-hydrogen) atoms. The Labute approximate surface area is 247 Å². The van der Waals surface area contributed by atoms with Gasteiger partial charge in [-0.1, -0.05) is 55.1 Å². The lowest BCUT2D eigenvalue weighted by atomic mass is 9.91. The largest absolute Gasteiger partial charge is 0.392 e. The number of amides is 1. The third-order valence-electron chi connectivity index (χ3n) is 6.90. The van der Waals surface area contributed by atoms with E-state index in [1.54, 1.807) is 36.7 Å². The summed E-state index contributed by atoms with van der Waals surface area (Å²) < 4.78 is 81.9. The minimum absolute atomic E-state index is 0.00437. The third kappa shape index (κ3) is 6.54. The average Bonchev–Trinajstić information content (AvgIpc) is 3.03. The molecule has 2 N–H and O–H groups in total. The number of ether oxygens (including phenoxy) is 2. The van der Waals surface area contributed by atoms with Crippen molar-refractivity contribution in [3.63, 3.8) is 0 Å². The molecule has 224 valence electrons.